The Morgan fingerprint density at radius 3 is 2.88 bits per heavy atom. The molecule has 0 fully saturated rings. The Morgan fingerprint density at radius 1 is 1.50 bits per heavy atom. The first-order valence-electron chi connectivity index (χ1n) is 4.54. The summed E-state index contributed by atoms with van der Waals surface area (Å²) in [6.45, 7) is 1.88. The largest absolute Gasteiger partial charge is 0.477 e. The second kappa shape index (κ2) is 4.09. The maximum atomic E-state index is 10.9. The first-order valence-corrected chi connectivity index (χ1v) is 5.33. The van der Waals surface area contributed by atoms with Crippen molar-refractivity contribution in [3.63, 3.8) is 0 Å². The van der Waals surface area contributed by atoms with Crippen molar-refractivity contribution in [3.05, 3.63) is 40.0 Å². The minimum absolute atomic E-state index is 0.0745. The summed E-state index contributed by atoms with van der Waals surface area (Å²) in [6.07, 6.45) is 1.21. The van der Waals surface area contributed by atoms with Crippen LogP contribution in [0.5, 0.6) is 0 Å². The zero-order chi connectivity index (χ0) is 11.7. The van der Waals surface area contributed by atoms with Crippen LogP contribution in [-0.2, 0) is 0 Å². The molecular formula is C11H8BrNO3. The number of aromatic nitrogens is 1. The highest BCUT2D eigenvalue weighted by Crippen LogP contribution is 2.28. The number of benzene rings is 1. The van der Waals surface area contributed by atoms with Gasteiger partial charge >= 0.3 is 5.97 Å². The van der Waals surface area contributed by atoms with Crippen LogP contribution in [0.1, 0.15) is 15.9 Å². The number of hydrogen-bond donors (Lipinski definition) is 1. The van der Waals surface area contributed by atoms with Gasteiger partial charge in [0.2, 0.25) is 0 Å². The molecular weight excluding hydrogens is 274 g/mol. The van der Waals surface area contributed by atoms with Crippen molar-refractivity contribution in [2.24, 2.45) is 0 Å². The lowest BCUT2D eigenvalue weighted by atomic mass is 10.0. The third-order valence-corrected chi connectivity index (χ3v) is 2.73. The van der Waals surface area contributed by atoms with Gasteiger partial charge < -0.3 is 9.63 Å². The monoisotopic (exact) mass is 281 g/mol. The number of carboxylic acids is 1. The highest BCUT2D eigenvalue weighted by atomic mass is 79.9. The quantitative estimate of drug-likeness (QED) is 0.919. The van der Waals surface area contributed by atoms with Crippen molar-refractivity contribution >= 4 is 21.9 Å². The van der Waals surface area contributed by atoms with Gasteiger partial charge in [0.25, 0.3) is 0 Å². The predicted molar refractivity (Wildman–Crippen MR) is 61.3 cm³/mol. The summed E-state index contributed by atoms with van der Waals surface area (Å²) in [6, 6.07) is 5.52. The molecule has 1 aromatic carbocycles. The van der Waals surface area contributed by atoms with E-state index in [2.05, 4.69) is 21.1 Å². The van der Waals surface area contributed by atoms with Gasteiger partial charge in [-0.05, 0) is 30.7 Å². The third-order valence-electron chi connectivity index (χ3n) is 2.23. The van der Waals surface area contributed by atoms with E-state index >= 15 is 0 Å². The van der Waals surface area contributed by atoms with Crippen LogP contribution in [0.3, 0.4) is 0 Å². The standard InChI is InChI=1S/C11H8BrNO3/c1-6-4-7(12)2-3-8(6)10-9(11(14)15)5-13-16-10/h2-5H,1H3,(H,14,15). The van der Waals surface area contributed by atoms with Crippen molar-refractivity contribution in [1.29, 1.82) is 0 Å². The zero-order valence-corrected chi connectivity index (χ0v) is 9.98. The lowest BCUT2D eigenvalue weighted by molar-refractivity contribution is 0.0697. The summed E-state index contributed by atoms with van der Waals surface area (Å²) >= 11 is 3.34. The average molecular weight is 282 g/mol. The number of carboxylic acid groups (broad SMARTS) is 1. The minimum atomic E-state index is -1.04. The summed E-state index contributed by atoms with van der Waals surface area (Å²) in [5.74, 6) is -0.754. The lowest BCUT2D eigenvalue weighted by Crippen LogP contribution is -1.96. The summed E-state index contributed by atoms with van der Waals surface area (Å²) in [5, 5.41) is 12.5. The van der Waals surface area contributed by atoms with Gasteiger partial charge in [0.05, 0.1) is 6.20 Å². The van der Waals surface area contributed by atoms with E-state index in [1.54, 1.807) is 6.07 Å². The molecule has 82 valence electrons. The fourth-order valence-electron chi connectivity index (χ4n) is 1.47. The Hall–Kier alpha value is -1.62. The van der Waals surface area contributed by atoms with Crippen LogP contribution in [0, 0.1) is 6.92 Å². The smallest absolute Gasteiger partial charge is 0.341 e. The van der Waals surface area contributed by atoms with E-state index in [4.69, 9.17) is 9.63 Å². The molecule has 0 aliphatic rings. The van der Waals surface area contributed by atoms with Crippen molar-refractivity contribution < 1.29 is 14.4 Å². The first kappa shape index (κ1) is 10.9. The van der Waals surface area contributed by atoms with Gasteiger partial charge in [-0.25, -0.2) is 4.79 Å². The number of hydrogen-bond acceptors (Lipinski definition) is 3. The molecule has 0 amide bonds. The van der Waals surface area contributed by atoms with Gasteiger partial charge in [-0.1, -0.05) is 21.1 Å². The maximum absolute atomic E-state index is 10.9. The van der Waals surface area contributed by atoms with E-state index in [9.17, 15) is 4.79 Å². The Bertz CT molecular complexity index is 548. The first-order chi connectivity index (χ1) is 7.59. The molecule has 0 unspecified atom stereocenters. The van der Waals surface area contributed by atoms with Crippen LogP contribution >= 0.6 is 15.9 Å². The summed E-state index contributed by atoms with van der Waals surface area (Å²) < 4.78 is 5.92. The molecule has 4 nitrogen and oxygen atoms in total. The fourth-order valence-corrected chi connectivity index (χ4v) is 1.94. The van der Waals surface area contributed by atoms with Gasteiger partial charge in [-0.3, -0.25) is 0 Å². The molecule has 1 aromatic heterocycles. The van der Waals surface area contributed by atoms with Crippen LogP contribution in [-0.4, -0.2) is 16.2 Å². The van der Waals surface area contributed by atoms with E-state index in [1.165, 1.54) is 6.20 Å². The Kier molecular flexibility index (Phi) is 2.78. The van der Waals surface area contributed by atoms with Crippen LogP contribution in [0.4, 0.5) is 0 Å². The van der Waals surface area contributed by atoms with E-state index in [0.29, 0.717) is 0 Å². The molecule has 0 radical (unpaired) electrons. The van der Waals surface area contributed by atoms with Gasteiger partial charge in [-0.2, -0.15) is 0 Å². The number of carbonyl (C=O) groups is 1. The molecule has 1 N–H and O–H groups in total. The van der Waals surface area contributed by atoms with Crippen LogP contribution in [0.2, 0.25) is 0 Å². The molecule has 0 saturated heterocycles. The Balaban J connectivity index is 2.59. The molecule has 1 heterocycles. The summed E-state index contributed by atoms with van der Waals surface area (Å²) in [5.41, 5.74) is 1.73. The molecule has 0 atom stereocenters. The minimum Gasteiger partial charge on any atom is -0.477 e. The van der Waals surface area contributed by atoms with Crippen molar-refractivity contribution in [1.82, 2.24) is 5.16 Å². The highest BCUT2D eigenvalue weighted by Gasteiger charge is 2.18. The molecule has 0 bridgehead atoms. The van der Waals surface area contributed by atoms with E-state index in [0.717, 1.165) is 15.6 Å². The van der Waals surface area contributed by atoms with Gasteiger partial charge in [0, 0.05) is 10.0 Å². The SMILES string of the molecule is Cc1cc(Br)ccc1-c1oncc1C(=O)O. The number of rotatable bonds is 2. The van der Waals surface area contributed by atoms with Crippen molar-refractivity contribution in [2.75, 3.05) is 0 Å². The molecule has 2 aromatic rings. The molecule has 16 heavy (non-hydrogen) atoms. The second-order valence-electron chi connectivity index (χ2n) is 3.33. The fraction of sp³-hybridized carbons (Fsp3) is 0.0909. The average Bonchev–Trinajstić information content (AvgIpc) is 2.66. The predicted octanol–water partition coefficient (Wildman–Crippen LogP) is 3.11. The zero-order valence-electron chi connectivity index (χ0n) is 8.40. The molecule has 0 saturated carbocycles. The van der Waals surface area contributed by atoms with Crippen molar-refractivity contribution in [3.8, 4) is 11.3 Å². The molecule has 2 rings (SSSR count). The lowest BCUT2D eigenvalue weighted by Gasteiger charge is -2.03. The van der Waals surface area contributed by atoms with Crippen LogP contribution in [0.25, 0.3) is 11.3 Å². The number of aryl methyl sites for hydroxylation is 1. The number of halogens is 1. The molecule has 0 spiro atoms. The van der Waals surface area contributed by atoms with Crippen LogP contribution in [0.15, 0.2) is 33.4 Å². The summed E-state index contributed by atoms with van der Waals surface area (Å²) in [7, 11) is 0. The van der Waals surface area contributed by atoms with E-state index < -0.39 is 5.97 Å². The van der Waals surface area contributed by atoms with Gasteiger partial charge in [-0.15, -0.1) is 0 Å². The Labute approximate surface area is 100 Å². The second-order valence-corrected chi connectivity index (χ2v) is 4.25. The molecule has 0 aliphatic carbocycles. The summed E-state index contributed by atoms with van der Waals surface area (Å²) in [4.78, 5) is 10.9. The van der Waals surface area contributed by atoms with E-state index in [1.807, 2.05) is 19.1 Å². The molecule has 5 heteroatoms. The molecule has 0 aliphatic heterocycles. The van der Waals surface area contributed by atoms with Crippen molar-refractivity contribution in [2.45, 2.75) is 6.92 Å². The Morgan fingerprint density at radius 2 is 2.25 bits per heavy atom. The van der Waals surface area contributed by atoms with Gasteiger partial charge in [0.15, 0.2) is 5.76 Å². The number of aromatic carboxylic acids is 1. The topological polar surface area (TPSA) is 63.3 Å². The van der Waals surface area contributed by atoms with E-state index in [-0.39, 0.29) is 11.3 Å². The van der Waals surface area contributed by atoms with Gasteiger partial charge in [0.1, 0.15) is 5.56 Å². The number of nitrogens with zero attached hydrogens (tertiary/aromatic N) is 1. The normalized spacial score (nSPS) is 10.4. The van der Waals surface area contributed by atoms with Crippen LogP contribution < -0.4 is 0 Å². The highest BCUT2D eigenvalue weighted by molar-refractivity contribution is 9.10. The maximum Gasteiger partial charge on any atom is 0.341 e. The third kappa shape index (κ3) is 1.86.